The van der Waals surface area contributed by atoms with E-state index in [1.54, 1.807) is 13.1 Å². The number of hydrazine groups is 1. The van der Waals surface area contributed by atoms with Gasteiger partial charge in [-0.25, -0.2) is 25.6 Å². The third-order valence-electron chi connectivity index (χ3n) is 1.64. The zero-order chi connectivity index (χ0) is 11.3. The smallest absolute Gasteiger partial charge is 0.337 e. The molecule has 1 aromatic heterocycles. The predicted molar refractivity (Wildman–Crippen MR) is 53.7 cm³/mol. The van der Waals surface area contributed by atoms with Gasteiger partial charge in [-0.1, -0.05) is 0 Å². The lowest BCUT2D eigenvalue weighted by Crippen LogP contribution is -2.49. The predicted octanol–water partition coefficient (Wildman–Crippen LogP) is -0.622. The van der Waals surface area contributed by atoms with Crippen molar-refractivity contribution in [3.8, 4) is 0 Å². The van der Waals surface area contributed by atoms with E-state index in [1.165, 1.54) is 6.33 Å². The molecule has 0 aromatic carbocycles. The Bertz CT molecular complexity index is 344. The third-order valence-corrected chi connectivity index (χ3v) is 1.64. The number of nitrogens with zero attached hydrogens (tertiary/aromatic N) is 3. The highest BCUT2D eigenvalue weighted by Crippen LogP contribution is 2.16. The van der Waals surface area contributed by atoms with Gasteiger partial charge in [-0.3, -0.25) is 0 Å². The number of hydrogen-bond donors (Lipinski definition) is 3. The van der Waals surface area contributed by atoms with Crippen molar-refractivity contribution >= 4 is 11.8 Å². The zero-order valence-corrected chi connectivity index (χ0v) is 8.34. The molecule has 0 bridgehead atoms. The highest BCUT2D eigenvalue weighted by atomic mass is 16.2. The number of hydrogen-bond acceptors (Lipinski definition) is 5. The maximum atomic E-state index is 11.0. The summed E-state index contributed by atoms with van der Waals surface area (Å²) < 4.78 is 0. The van der Waals surface area contributed by atoms with Gasteiger partial charge in [0.2, 0.25) is 0 Å². The number of nitrogens with two attached hydrogens (primary N) is 1. The number of aliphatic hydroxyl groups excluding tert-OH is 1. The Morgan fingerprint density at radius 1 is 1.73 bits per heavy atom. The Balaban J connectivity index is 0.000000337. The van der Waals surface area contributed by atoms with Crippen LogP contribution in [-0.2, 0) is 6.54 Å². The first kappa shape index (κ1) is 11.3. The first-order chi connectivity index (χ1) is 7.20. The molecule has 0 radical (unpaired) electrons. The lowest BCUT2D eigenvalue weighted by molar-refractivity contribution is 0.244. The minimum atomic E-state index is -0.346. The van der Waals surface area contributed by atoms with Crippen molar-refractivity contribution in [3.05, 3.63) is 18.1 Å². The molecule has 0 unspecified atom stereocenters. The summed E-state index contributed by atoms with van der Waals surface area (Å²) in [6.07, 6.45) is 2.99. The lowest BCUT2D eigenvalue weighted by atomic mass is 10.2. The van der Waals surface area contributed by atoms with Crippen molar-refractivity contribution in [2.75, 3.05) is 11.6 Å². The molecule has 7 nitrogen and oxygen atoms in total. The first-order valence-corrected chi connectivity index (χ1v) is 4.43. The SMILES string of the molecule is CCO.NN1C(=O)NCc2cncnc21. The second-order valence-corrected chi connectivity index (χ2v) is 2.72. The van der Waals surface area contributed by atoms with E-state index in [0.29, 0.717) is 12.4 Å². The Morgan fingerprint density at radius 2 is 2.40 bits per heavy atom. The van der Waals surface area contributed by atoms with Crippen LogP contribution in [0.5, 0.6) is 0 Å². The number of aromatic nitrogens is 2. The molecule has 15 heavy (non-hydrogen) atoms. The van der Waals surface area contributed by atoms with E-state index in [-0.39, 0.29) is 12.6 Å². The summed E-state index contributed by atoms with van der Waals surface area (Å²) in [6.45, 7) is 2.36. The van der Waals surface area contributed by atoms with Gasteiger partial charge in [-0.05, 0) is 6.92 Å². The molecule has 0 spiro atoms. The van der Waals surface area contributed by atoms with Gasteiger partial charge < -0.3 is 10.4 Å². The molecule has 0 fully saturated rings. The molecule has 1 aliphatic rings. The zero-order valence-electron chi connectivity index (χ0n) is 8.34. The maximum Gasteiger partial charge on any atom is 0.337 e. The molecule has 0 aliphatic carbocycles. The molecule has 0 atom stereocenters. The number of nitrogens with one attached hydrogen (secondary N) is 1. The van der Waals surface area contributed by atoms with Gasteiger partial charge in [0.25, 0.3) is 0 Å². The average Bonchev–Trinajstić information content (AvgIpc) is 2.25. The first-order valence-electron chi connectivity index (χ1n) is 4.43. The molecule has 0 saturated carbocycles. The Kier molecular flexibility index (Phi) is 3.95. The maximum absolute atomic E-state index is 11.0. The van der Waals surface area contributed by atoms with Crippen LogP contribution in [0.15, 0.2) is 12.5 Å². The van der Waals surface area contributed by atoms with E-state index in [0.717, 1.165) is 10.6 Å². The number of urea groups is 1. The van der Waals surface area contributed by atoms with Gasteiger partial charge in [0.1, 0.15) is 6.33 Å². The second-order valence-electron chi connectivity index (χ2n) is 2.72. The summed E-state index contributed by atoms with van der Waals surface area (Å²) in [5, 5.41) is 11.1. The monoisotopic (exact) mass is 211 g/mol. The largest absolute Gasteiger partial charge is 0.397 e. The minimum absolute atomic E-state index is 0.250. The van der Waals surface area contributed by atoms with Crippen LogP contribution in [-0.4, -0.2) is 27.7 Å². The van der Waals surface area contributed by atoms with Crippen LogP contribution < -0.4 is 16.2 Å². The van der Waals surface area contributed by atoms with Crippen LogP contribution in [0.3, 0.4) is 0 Å². The summed E-state index contributed by atoms with van der Waals surface area (Å²) in [6, 6.07) is -0.346. The molecule has 1 aromatic rings. The van der Waals surface area contributed by atoms with E-state index >= 15 is 0 Å². The number of carbonyl (C=O) groups excluding carboxylic acids is 1. The van der Waals surface area contributed by atoms with Gasteiger partial charge in [-0.2, -0.15) is 0 Å². The van der Waals surface area contributed by atoms with Crippen LogP contribution in [0.25, 0.3) is 0 Å². The van der Waals surface area contributed by atoms with Crippen LogP contribution >= 0.6 is 0 Å². The summed E-state index contributed by atoms with van der Waals surface area (Å²) >= 11 is 0. The molecule has 2 amide bonds. The van der Waals surface area contributed by atoms with Crippen LogP contribution in [0.2, 0.25) is 0 Å². The molecule has 2 rings (SSSR count). The fourth-order valence-electron chi connectivity index (χ4n) is 1.05. The van der Waals surface area contributed by atoms with Crippen molar-refractivity contribution in [2.24, 2.45) is 5.84 Å². The average molecular weight is 211 g/mol. The normalized spacial score (nSPS) is 13.5. The molecular weight excluding hydrogens is 198 g/mol. The third kappa shape index (κ3) is 2.61. The molecule has 4 N–H and O–H groups in total. The van der Waals surface area contributed by atoms with Crippen molar-refractivity contribution in [1.82, 2.24) is 15.3 Å². The highest BCUT2D eigenvalue weighted by molar-refractivity contribution is 5.92. The minimum Gasteiger partial charge on any atom is -0.397 e. The van der Waals surface area contributed by atoms with E-state index in [2.05, 4.69) is 15.3 Å². The Morgan fingerprint density at radius 3 is 3.07 bits per heavy atom. The summed E-state index contributed by atoms with van der Waals surface area (Å²) in [7, 11) is 0. The van der Waals surface area contributed by atoms with E-state index < -0.39 is 0 Å². The number of aliphatic hydroxyl groups is 1. The fourth-order valence-corrected chi connectivity index (χ4v) is 1.05. The van der Waals surface area contributed by atoms with Crippen molar-refractivity contribution in [1.29, 1.82) is 0 Å². The fraction of sp³-hybridized carbons (Fsp3) is 0.375. The number of carbonyl (C=O) groups is 1. The molecule has 7 heteroatoms. The number of rotatable bonds is 0. The second kappa shape index (κ2) is 5.23. The molecular formula is C8H13N5O2. The quantitative estimate of drug-likeness (QED) is 0.392. The van der Waals surface area contributed by atoms with Gasteiger partial charge in [-0.15, -0.1) is 0 Å². The molecule has 82 valence electrons. The van der Waals surface area contributed by atoms with Crippen LogP contribution in [0.1, 0.15) is 12.5 Å². The molecule has 1 aliphatic heterocycles. The number of anilines is 1. The van der Waals surface area contributed by atoms with Crippen LogP contribution in [0.4, 0.5) is 10.6 Å². The summed E-state index contributed by atoms with van der Waals surface area (Å²) in [5.74, 6) is 5.89. The van der Waals surface area contributed by atoms with Gasteiger partial charge in [0, 0.05) is 24.9 Å². The number of amides is 2. The standard InChI is InChI=1S/C6H7N5O.C2H6O/c7-11-5-4(1-8-3-10-5)2-9-6(11)12;1-2-3/h1,3H,2,7H2,(H,9,12);3H,2H2,1H3. The van der Waals surface area contributed by atoms with Crippen LogP contribution in [0, 0.1) is 0 Å². The van der Waals surface area contributed by atoms with E-state index in [4.69, 9.17) is 10.9 Å². The summed E-state index contributed by atoms with van der Waals surface area (Å²) in [5.41, 5.74) is 0.819. The summed E-state index contributed by atoms with van der Waals surface area (Å²) in [4.78, 5) is 18.7. The lowest BCUT2D eigenvalue weighted by Gasteiger charge is -2.23. The molecule has 0 saturated heterocycles. The van der Waals surface area contributed by atoms with Gasteiger partial charge in [0.15, 0.2) is 5.82 Å². The molecule has 2 heterocycles. The van der Waals surface area contributed by atoms with Crippen molar-refractivity contribution < 1.29 is 9.90 Å². The Labute approximate surface area is 86.9 Å². The number of fused-ring (bicyclic) bond motifs is 1. The van der Waals surface area contributed by atoms with E-state index in [1.807, 2.05) is 0 Å². The topological polar surface area (TPSA) is 104 Å². The van der Waals surface area contributed by atoms with Gasteiger partial charge in [0.05, 0.1) is 0 Å². The van der Waals surface area contributed by atoms with Gasteiger partial charge >= 0.3 is 6.03 Å². The van der Waals surface area contributed by atoms with E-state index in [9.17, 15) is 4.79 Å². The highest BCUT2D eigenvalue weighted by Gasteiger charge is 2.21. The van der Waals surface area contributed by atoms with Crippen molar-refractivity contribution in [2.45, 2.75) is 13.5 Å². The Hall–Kier alpha value is -1.73. The van der Waals surface area contributed by atoms with Crippen molar-refractivity contribution in [3.63, 3.8) is 0 Å².